The number of methoxy groups -OCH3 is 1. The van der Waals surface area contributed by atoms with E-state index in [1.807, 2.05) is 52.0 Å². The Hall–Kier alpha value is -1.56. The van der Waals surface area contributed by atoms with Crippen molar-refractivity contribution < 1.29 is 14.0 Å². The summed E-state index contributed by atoms with van der Waals surface area (Å²) in [6, 6.07) is 12.2. The van der Waals surface area contributed by atoms with Crippen LogP contribution in [0.2, 0.25) is 0 Å². The van der Waals surface area contributed by atoms with Crippen molar-refractivity contribution in [2.75, 3.05) is 7.11 Å². The van der Waals surface area contributed by atoms with Crippen molar-refractivity contribution >= 4 is 17.9 Å². The second-order valence-electron chi connectivity index (χ2n) is 7.12. The van der Waals surface area contributed by atoms with Gasteiger partial charge in [0.25, 0.3) is 0 Å². The Morgan fingerprint density at radius 1 is 0.957 bits per heavy atom. The van der Waals surface area contributed by atoms with Gasteiger partial charge < -0.3 is 19.8 Å². The van der Waals surface area contributed by atoms with E-state index < -0.39 is 7.12 Å². The molecule has 2 aromatic carbocycles. The molecule has 122 valence electrons. The van der Waals surface area contributed by atoms with Crippen LogP contribution < -0.4 is 10.5 Å². The van der Waals surface area contributed by atoms with Gasteiger partial charge >= 0.3 is 7.12 Å². The SMILES string of the molecule is COc1ccc2cc([C@H](N)B3OC(C)(C)C(C)(C)O3)ccc2c1. The lowest BCUT2D eigenvalue weighted by Gasteiger charge is -2.32. The molecule has 23 heavy (non-hydrogen) atoms. The standard InChI is InChI=1S/C18H24BNO3/c1-17(2)18(3,4)23-19(22-17)16(20)14-7-6-13-11-15(21-5)9-8-12(13)10-14/h6-11,16H,20H2,1-5H3/t16-/m0/s1. The van der Waals surface area contributed by atoms with E-state index in [1.54, 1.807) is 7.11 Å². The third kappa shape index (κ3) is 2.85. The number of nitrogens with two attached hydrogens (primary N) is 1. The third-order valence-corrected chi connectivity index (χ3v) is 5.02. The van der Waals surface area contributed by atoms with E-state index in [-0.39, 0.29) is 17.1 Å². The van der Waals surface area contributed by atoms with Gasteiger partial charge in [0.15, 0.2) is 0 Å². The van der Waals surface area contributed by atoms with Crippen molar-refractivity contribution in [1.82, 2.24) is 0 Å². The van der Waals surface area contributed by atoms with Gasteiger partial charge in [-0.05, 0) is 56.2 Å². The topological polar surface area (TPSA) is 53.7 Å². The number of benzene rings is 2. The van der Waals surface area contributed by atoms with Gasteiger partial charge in [-0.1, -0.05) is 24.3 Å². The highest BCUT2D eigenvalue weighted by molar-refractivity contribution is 6.47. The average Bonchev–Trinajstić information content (AvgIpc) is 2.73. The van der Waals surface area contributed by atoms with Gasteiger partial charge in [0, 0.05) is 0 Å². The summed E-state index contributed by atoms with van der Waals surface area (Å²) in [7, 11) is 1.22. The van der Waals surface area contributed by atoms with Crippen molar-refractivity contribution in [3.8, 4) is 5.75 Å². The summed E-state index contributed by atoms with van der Waals surface area (Å²) >= 11 is 0. The summed E-state index contributed by atoms with van der Waals surface area (Å²) in [6.45, 7) is 8.14. The largest absolute Gasteiger partial charge is 0.497 e. The molecule has 0 saturated carbocycles. The fraction of sp³-hybridized carbons (Fsp3) is 0.444. The minimum absolute atomic E-state index is 0.331. The van der Waals surface area contributed by atoms with Crippen molar-refractivity contribution in [2.24, 2.45) is 5.73 Å². The van der Waals surface area contributed by atoms with Crippen LogP contribution >= 0.6 is 0 Å². The summed E-state index contributed by atoms with van der Waals surface area (Å²) in [5.74, 6) is 0.517. The first-order chi connectivity index (χ1) is 10.7. The molecular formula is C18H24BNO3. The number of hydrogen-bond acceptors (Lipinski definition) is 4. The second kappa shape index (κ2) is 5.51. The summed E-state index contributed by atoms with van der Waals surface area (Å²) in [5.41, 5.74) is 6.67. The van der Waals surface area contributed by atoms with Crippen molar-refractivity contribution in [1.29, 1.82) is 0 Å². The molecule has 1 heterocycles. The Balaban J connectivity index is 1.88. The van der Waals surface area contributed by atoms with E-state index in [2.05, 4.69) is 12.1 Å². The Labute approximate surface area is 138 Å². The van der Waals surface area contributed by atoms with E-state index in [0.717, 1.165) is 22.1 Å². The minimum Gasteiger partial charge on any atom is -0.497 e. The summed E-state index contributed by atoms with van der Waals surface area (Å²) in [4.78, 5) is 0. The first-order valence-corrected chi connectivity index (χ1v) is 7.92. The molecule has 1 saturated heterocycles. The molecule has 1 atom stereocenters. The summed E-state index contributed by atoms with van der Waals surface area (Å²) < 4.78 is 17.4. The van der Waals surface area contributed by atoms with Crippen LogP contribution in [0.4, 0.5) is 0 Å². The van der Waals surface area contributed by atoms with E-state index in [0.29, 0.717) is 0 Å². The number of rotatable bonds is 3. The van der Waals surface area contributed by atoms with Crippen LogP contribution in [0.5, 0.6) is 5.75 Å². The molecule has 1 aliphatic rings. The Bertz CT molecular complexity index is 713. The van der Waals surface area contributed by atoms with Crippen LogP contribution in [0.15, 0.2) is 36.4 Å². The van der Waals surface area contributed by atoms with Gasteiger partial charge in [-0.3, -0.25) is 0 Å². The van der Waals surface area contributed by atoms with Gasteiger partial charge in [0.1, 0.15) is 5.75 Å². The lowest BCUT2D eigenvalue weighted by atomic mass is 9.74. The highest BCUT2D eigenvalue weighted by atomic mass is 16.7. The number of hydrogen-bond donors (Lipinski definition) is 1. The highest BCUT2D eigenvalue weighted by Crippen LogP contribution is 2.39. The normalized spacial score (nSPS) is 20.7. The van der Waals surface area contributed by atoms with Crippen LogP contribution in [0.1, 0.15) is 39.2 Å². The molecule has 1 fully saturated rings. The smallest absolute Gasteiger partial charge is 0.480 e. The predicted molar refractivity (Wildman–Crippen MR) is 93.5 cm³/mol. The van der Waals surface area contributed by atoms with Gasteiger partial charge in [0.05, 0.1) is 24.3 Å². The molecule has 4 nitrogen and oxygen atoms in total. The maximum atomic E-state index is 6.41. The monoisotopic (exact) mass is 313 g/mol. The molecule has 0 bridgehead atoms. The van der Waals surface area contributed by atoms with E-state index in [9.17, 15) is 0 Å². The molecular weight excluding hydrogens is 289 g/mol. The molecule has 0 unspecified atom stereocenters. The molecule has 2 aromatic rings. The fourth-order valence-electron chi connectivity index (χ4n) is 2.77. The Morgan fingerprint density at radius 3 is 2.13 bits per heavy atom. The average molecular weight is 313 g/mol. The predicted octanol–water partition coefficient (Wildman–Crippen LogP) is 3.48. The molecule has 0 aliphatic carbocycles. The van der Waals surface area contributed by atoms with Crippen LogP contribution in [0.3, 0.4) is 0 Å². The van der Waals surface area contributed by atoms with Gasteiger partial charge in [-0.25, -0.2) is 0 Å². The Kier molecular flexibility index (Phi) is 3.91. The molecule has 2 N–H and O–H groups in total. The van der Waals surface area contributed by atoms with E-state index >= 15 is 0 Å². The van der Waals surface area contributed by atoms with Gasteiger partial charge in [-0.15, -0.1) is 0 Å². The second-order valence-corrected chi connectivity index (χ2v) is 7.12. The molecule has 0 amide bonds. The zero-order chi connectivity index (χ0) is 16.8. The van der Waals surface area contributed by atoms with Gasteiger partial charge in [0.2, 0.25) is 0 Å². The fourth-order valence-corrected chi connectivity index (χ4v) is 2.77. The maximum Gasteiger partial charge on any atom is 0.480 e. The maximum absolute atomic E-state index is 6.41. The number of ether oxygens (including phenoxy) is 1. The molecule has 0 spiro atoms. The zero-order valence-electron chi connectivity index (χ0n) is 14.4. The lowest BCUT2D eigenvalue weighted by molar-refractivity contribution is 0.00578. The van der Waals surface area contributed by atoms with Crippen LogP contribution in [-0.4, -0.2) is 25.4 Å². The van der Waals surface area contributed by atoms with Crippen molar-refractivity contribution in [3.63, 3.8) is 0 Å². The quantitative estimate of drug-likeness (QED) is 0.882. The highest BCUT2D eigenvalue weighted by Gasteiger charge is 2.53. The van der Waals surface area contributed by atoms with E-state index in [1.165, 1.54) is 0 Å². The molecule has 0 aromatic heterocycles. The first-order valence-electron chi connectivity index (χ1n) is 7.92. The van der Waals surface area contributed by atoms with Gasteiger partial charge in [-0.2, -0.15) is 0 Å². The molecule has 1 aliphatic heterocycles. The van der Waals surface area contributed by atoms with Crippen molar-refractivity contribution in [2.45, 2.75) is 44.8 Å². The zero-order valence-corrected chi connectivity index (χ0v) is 14.4. The molecule has 3 rings (SSSR count). The molecule has 0 radical (unpaired) electrons. The van der Waals surface area contributed by atoms with Crippen LogP contribution in [0.25, 0.3) is 10.8 Å². The summed E-state index contributed by atoms with van der Waals surface area (Å²) in [5, 5.41) is 2.24. The lowest BCUT2D eigenvalue weighted by Crippen LogP contribution is -2.41. The molecule has 5 heteroatoms. The third-order valence-electron chi connectivity index (χ3n) is 5.02. The first kappa shape index (κ1) is 16.3. The van der Waals surface area contributed by atoms with E-state index in [4.69, 9.17) is 19.8 Å². The van der Waals surface area contributed by atoms with Crippen LogP contribution in [-0.2, 0) is 9.31 Å². The van der Waals surface area contributed by atoms with Crippen LogP contribution in [0, 0.1) is 0 Å². The summed E-state index contributed by atoms with van der Waals surface area (Å²) in [6.07, 6.45) is 0. The number of fused-ring (bicyclic) bond motifs is 1. The minimum atomic E-state index is -0.448. The van der Waals surface area contributed by atoms with Crippen molar-refractivity contribution in [3.05, 3.63) is 42.0 Å². The Morgan fingerprint density at radius 2 is 1.52 bits per heavy atom.